The van der Waals surface area contributed by atoms with Gasteiger partial charge >= 0.3 is 0 Å². The Hall–Kier alpha value is -2.99. The van der Waals surface area contributed by atoms with Crippen LogP contribution in [0.15, 0.2) is 53.6 Å². The first-order chi connectivity index (χ1) is 14.1. The van der Waals surface area contributed by atoms with Crippen molar-refractivity contribution >= 4 is 0 Å². The maximum Gasteiger partial charge on any atom is 0.251 e. The number of aromatic amines is 1. The zero-order valence-electron chi connectivity index (χ0n) is 16.9. The molecule has 0 unspecified atom stereocenters. The number of likely N-dealkylation sites (tertiary alicyclic amines) is 1. The number of pyridine rings is 1. The zero-order chi connectivity index (χ0) is 20.2. The summed E-state index contributed by atoms with van der Waals surface area (Å²) in [6, 6.07) is 11.8. The molecule has 1 aliphatic rings. The van der Waals surface area contributed by atoms with Crippen LogP contribution in [0.4, 0.5) is 0 Å². The van der Waals surface area contributed by atoms with Gasteiger partial charge in [0.15, 0.2) is 0 Å². The van der Waals surface area contributed by atoms with Crippen LogP contribution in [0, 0.1) is 6.92 Å². The van der Waals surface area contributed by atoms with Crippen LogP contribution in [-0.2, 0) is 6.54 Å². The fourth-order valence-electron chi connectivity index (χ4n) is 4.00. The molecule has 6 nitrogen and oxygen atoms in total. The summed E-state index contributed by atoms with van der Waals surface area (Å²) in [5, 5.41) is 0. The van der Waals surface area contributed by atoms with Gasteiger partial charge in [-0.1, -0.05) is 18.6 Å². The van der Waals surface area contributed by atoms with Crippen molar-refractivity contribution in [2.45, 2.75) is 38.8 Å². The molecule has 3 heterocycles. The summed E-state index contributed by atoms with van der Waals surface area (Å²) in [7, 11) is 1.71. The van der Waals surface area contributed by atoms with Gasteiger partial charge in [-0.25, -0.2) is 4.98 Å². The number of hydrogen-bond donors (Lipinski definition) is 1. The Labute approximate surface area is 170 Å². The molecule has 6 heteroatoms. The Morgan fingerprint density at radius 1 is 1.24 bits per heavy atom. The molecule has 0 aliphatic carbocycles. The topological polar surface area (TPSA) is 71.1 Å². The predicted molar refractivity (Wildman–Crippen MR) is 113 cm³/mol. The van der Waals surface area contributed by atoms with Gasteiger partial charge in [0.2, 0.25) is 0 Å². The molecular formula is C23H26N4O2. The lowest BCUT2D eigenvalue weighted by molar-refractivity contribution is 0.136. The zero-order valence-corrected chi connectivity index (χ0v) is 16.9. The lowest BCUT2D eigenvalue weighted by atomic mass is 9.97. The molecule has 0 radical (unpaired) electrons. The minimum absolute atomic E-state index is 0.104. The number of hydrogen-bond acceptors (Lipinski definition) is 5. The first-order valence-electron chi connectivity index (χ1n) is 10.0. The van der Waals surface area contributed by atoms with Crippen molar-refractivity contribution in [2.24, 2.45) is 0 Å². The Morgan fingerprint density at radius 3 is 2.93 bits per heavy atom. The van der Waals surface area contributed by atoms with E-state index >= 15 is 0 Å². The first kappa shape index (κ1) is 19.3. The van der Waals surface area contributed by atoms with Gasteiger partial charge in [0.05, 0.1) is 18.8 Å². The second-order valence-electron chi connectivity index (χ2n) is 7.56. The molecule has 1 atom stereocenters. The van der Waals surface area contributed by atoms with Crippen molar-refractivity contribution in [3.63, 3.8) is 0 Å². The quantitative estimate of drug-likeness (QED) is 0.716. The van der Waals surface area contributed by atoms with Crippen molar-refractivity contribution in [3.8, 4) is 17.1 Å². The summed E-state index contributed by atoms with van der Waals surface area (Å²) in [6.45, 7) is 3.80. The van der Waals surface area contributed by atoms with E-state index in [1.54, 1.807) is 25.6 Å². The average molecular weight is 390 g/mol. The smallest absolute Gasteiger partial charge is 0.251 e. The van der Waals surface area contributed by atoms with Crippen LogP contribution >= 0.6 is 0 Å². The molecule has 1 aliphatic heterocycles. The fraction of sp³-hybridized carbons (Fsp3) is 0.348. The largest absolute Gasteiger partial charge is 0.496 e. The highest BCUT2D eigenvalue weighted by Gasteiger charge is 2.27. The molecule has 0 spiro atoms. The Bertz CT molecular complexity index is 1030. The standard InChI is InChI=1S/C23H26N4O2/c1-16-8-9-18(21(12-16)29-2)15-27-11-4-3-7-20(27)19-13-22(28)26-23(25-19)17-6-5-10-24-14-17/h5-6,8-10,12-14,20H,3-4,7,11,15H2,1-2H3,(H,25,26,28)/t20-/m0/s1. The van der Waals surface area contributed by atoms with Crippen LogP contribution in [0.3, 0.4) is 0 Å². The monoisotopic (exact) mass is 390 g/mol. The molecule has 0 bridgehead atoms. The molecule has 0 saturated carbocycles. The lowest BCUT2D eigenvalue weighted by Crippen LogP contribution is -2.34. The summed E-state index contributed by atoms with van der Waals surface area (Å²) in [5.41, 5.74) is 3.83. The number of ether oxygens (including phenoxy) is 1. The van der Waals surface area contributed by atoms with Gasteiger partial charge in [0, 0.05) is 36.1 Å². The van der Waals surface area contributed by atoms with Crippen LogP contribution in [0.1, 0.15) is 42.1 Å². The van der Waals surface area contributed by atoms with E-state index in [4.69, 9.17) is 9.72 Å². The van der Waals surface area contributed by atoms with Crippen LogP contribution in [-0.4, -0.2) is 33.5 Å². The lowest BCUT2D eigenvalue weighted by Gasteiger charge is -2.35. The molecule has 1 N–H and O–H groups in total. The highest BCUT2D eigenvalue weighted by Crippen LogP contribution is 2.33. The molecule has 1 saturated heterocycles. The minimum Gasteiger partial charge on any atom is -0.496 e. The van der Waals surface area contributed by atoms with E-state index in [2.05, 4.69) is 40.0 Å². The molecule has 150 valence electrons. The summed E-state index contributed by atoms with van der Waals surface area (Å²) in [4.78, 5) is 26.6. The van der Waals surface area contributed by atoms with Gasteiger partial charge in [-0.3, -0.25) is 14.7 Å². The van der Waals surface area contributed by atoms with E-state index in [1.807, 2.05) is 12.1 Å². The summed E-state index contributed by atoms with van der Waals surface area (Å²) < 4.78 is 5.60. The molecule has 4 rings (SSSR count). The number of nitrogens with one attached hydrogen (secondary N) is 1. The maximum atomic E-state index is 12.4. The highest BCUT2D eigenvalue weighted by molar-refractivity contribution is 5.52. The van der Waals surface area contributed by atoms with Gasteiger partial charge in [-0.15, -0.1) is 0 Å². The van der Waals surface area contributed by atoms with Crippen molar-refractivity contribution in [1.29, 1.82) is 0 Å². The summed E-state index contributed by atoms with van der Waals surface area (Å²) in [6.07, 6.45) is 6.69. The molecule has 2 aromatic heterocycles. The Kier molecular flexibility index (Phi) is 5.71. The maximum absolute atomic E-state index is 12.4. The van der Waals surface area contributed by atoms with E-state index in [0.29, 0.717) is 5.82 Å². The molecule has 29 heavy (non-hydrogen) atoms. The second-order valence-corrected chi connectivity index (χ2v) is 7.56. The van der Waals surface area contributed by atoms with Crippen molar-refractivity contribution in [3.05, 3.63) is 76.0 Å². The van der Waals surface area contributed by atoms with Gasteiger partial charge < -0.3 is 9.72 Å². The van der Waals surface area contributed by atoms with E-state index in [0.717, 1.165) is 54.9 Å². The first-order valence-corrected chi connectivity index (χ1v) is 10.0. The van der Waals surface area contributed by atoms with Gasteiger partial charge in [-0.2, -0.15) is 0 Å². The molecule has 1 fully saturated rings. The minimum atomic E-state index is -0.132. The third kappa shape index (κ3) is 4.38. The highest BCUT2D eigenvalue weighted by atomic mass is 16.5. The number of nitrogens with zero attached hydrogens (tertiary/aromatic N) is 3. The third-order valence-electron chi connectivity index (χ3n) is 5.47. The van der Waals surface area contributed by atoms with E-state index in [9.17, 15) is 4.79 Å². The second kappa shape index (κ2) is 8.57. The molecule has 3 aromatic rings. The predicted octanol–water partition coefficient (Wildman–Crippen LogP) is 3.88. The summed E-state index contributed by atoms with van der Waals surface area (Å²) in [5.74, 6) is 1.48. The number of benzene rings is 1. The summed E-state index contributed by atoms with van der Waals surface area (Å²) >= 11 is 0. The Balaban J connectivity index is 1.66. The van der Waals surface area contributed by atoms with E-state index in [1.165, 1.54) is 5.56 Å². The average Bonchev–Trinajstić information content (AvgIpc) is 2.75. The van der Waals surface area contributed by atoms with Crippen molar-refractivity contribution < 1.29 is 4.74 Å². The van der Waals surface area contributed by atoms with E-state index in [-0.39, 0.29) is 11.6 Å². The fourth-order valence-corrected chi connectivity index (χ4v) is 4.00. The number of rotatable bonds is 5. The van der Waals surface area contributed by atoms with Crippen LogP contribution in [0.5, 0.6) is 5.75 Å². The van der Waals surface area contributed by atoms with Gasteiger partial charge in [0.1, 0.15) is 11.6 Å². The van der Waals surface area contributed by atoms with Crippen LogP contribution < -0.4 is 10.3 Å². The number of aryl methyl sites for hydroxylation is 1. The van der Waals surface area contributed by atoms with Crippen molar-refractivity contribution in [1.82, 2.24) is 19.9 Å². The van der Waals surface area contributed by atoms with Gasteiger partial charge in [-0.05, 0) is 50.1 Å². The number of H-pyrrole nitrogens is 1. The normalized spacial score (nSPS) is 17.2. The SMILES string of the molecule is COc1cc(C)ccc1CN1CCCC[C@H]1c1cc(=O)[nH]c(-c2cccnc2)n1. The van der Waals surface area contributed by atoms with Crippen LogP contribution in [0.2, 0.25) is 0 Å². The Morgan fingerprint density at radius 2 is 2.14 bits per heavy atom. The van der Waals surface area contributed by atoms with Gasteiger partial charge in [0.25, 0.3) is 5.56 Å². The third-order valence-corrected chi connectivity index (χ3v) is 5.47. The number of methoxy groups -OCH3 is 1. The van der Waals surface area contributed by atoms with Crippen LogP contribution in [0.25, 0.3) is 11.4 Å². The molecule has 0 amide bonds. The molecule has 1 aromatic carbocycles. The number of aromatic nitrogens is 3. The number of piperidine rings is 1. The van der Waals surface area contributed by atoms with Crippen molar-refractivity contribution in [2.75, 3.05) is 13.7 Å². The van der Waals surface area contributed by atoms with E-state index < -0.39 is 0 Å². The molecular weight excluding hydrogens is 364 g/mol.